The van der Waals surface area contributed by atoms with E-state index in [4.69, 9.17) is 4.74 Å². The van der Waals surface area contributed by atoms with Crippen LogP contribution >= 0.6 is 15.9 Å². The highest BCUT2D eigenvalue weighted by Gasteiger charge is 2.08. The summed E-state index contributed by atoms with van der Waals surface area (Å²) in [6.07, 6.45) is 1.42. The van der Waals surface area contributed by atoms with E-state index >= 15 is 0 Å². The molecule has 0 heterocycles. The van der Waals surface area contributed by atoms with E-state index in [1.807, 2.05) is 31.3 Å². The van der Waals surface area contributed by atoms with Crippen LogP contribution in [0.3, 0.4) is 0 Å². The lowest BCUT2D eigenvalue weighted by Crippen LogP contribution is -2.29. The maximum atomic E-state index is 11.9. The maximum absolute atomic E-state index is 11.9. The van der Waals surface area contributed by atoms with Gasteiger partial charge in [0, 0.05) is 18.9 Å². The molecule has 0 unspecified atom stereocenters. The molecule has 3 nitrogen and oxygen atoms in total. The van der Waals surface area contributed by atoms with Crippen molar-refractivity contribution in [1.82, 2.24) is 4.90 Å². The molecule has 1 aromatic carbocycles. The van der Waals surface area contributed by atoms with Gasteiger partial charge in [0.2, 0.25) is 5.91 Å². The van der Waals surface area contributed by atoms with Crippen LogP contribution in [0.15, 0.2) is 24.3 Å². The lowest BCUT2D eigenvalue weighted by molar-refractivity contribution is -0.129. The van der Waals surface area contributed by atoms with Gasteiger partial charge in [-0.25, -0.2) is 0 Å². The first kappa shape index (κ1) is 14.0. The molecule has 0 fully saturated rings. The van der Waals surface area contributed by atoms with E-state index in [1.54, 1.807) is 12.0 Å². The fourth-order valence-corrected chi connectivity index (χ4v) is 1.73. The van der Waals surface area contributed by atoms with Gasteiger partial charge < -0.3 is 9.64 Å². The molecule has 0 aliphatic rings. The summed E-state index contributed by atoms with van der Waals surface area (Å²) in [5.41, 5.74) is 1.02. The van der Waals surface area contributed by atoms with Gasteiger partial charge in [0.05, 0.1) is 13.5 Å². The van der Waals surface area contributed by atoms with Gasteiger partial charge in [0.25, 0.3) is 0 Å². The van der Waals surface area contributed by atoms with Crippen LogP contribution in [-0.2, 0) is 11.2 Å². The molecule has 0 atom stereocenters. The van der Waals surface area contributed by atoms with Gasteiger partial charge in [-0.05, 0) is 24.1 Å². The van der Waals surface area contributed by atoms with Gasteiger partial charge in [-0.15, -0.1) is 0 Å². The summed E-state index contributed by atoms with van der Waals surface area (Å²) in [5.74, 6) is 0.963. The smallest absolute Gasteiger partial charge is 0.226 e. The van der Waals surface area contributed by atoms with Crippen LogP contribution in [0.25, 0.3) is 0 Å². The molecule has 0 saturated heterocycles. The van der Waals surface area contributed by atoms with Crippen molar-refractivity contribution in [2.45, 2.75) is 12.8 Å². The number of carbonyl (C=O) groups excluding carboxylic acids is 1. The molecule has 1 aromatic rings. The number of alkyl halides is 1. The van der Waals surface area contributed by atoms with Crippen LogP contribution in [-0.4, -0.2) is 36.8 Å². The molecule has 0 spiro atoms. The van der Waals surface area contributed by atoms with Crippen LogP contribution < -0.4 is 4.74 Å². The number of rotatable bonds is 6. The summed E-state index contributed by atoms with van der Waals surface area (Å²) in [4.78, 5) is 13.6. The molecule has 94 valence electrons. The number of carbonyl (C=O) groups is 1. The van der Waals surface area contributed by atoms with Gasteiger partial charge in [0.1, 0.15) is 5.75 Å². The first-order valence-corrected chi connectivity index (χ1v) is 6.72. The number of nitrogens with zero attached hydrogens (tertiary/aromatic N) is 1. The van der Waals surface area contributed by atoms with Crippen LogP contribution in [0.4, 0.5) is 0 Å². The number of amides is 1. The van der Waals surface area contributed by atoms with Crippen molar-refractivity contribution in [2.75, 3.05) is 26.0 Å². The lowest BCUT2D eigenvalue weighted by Gasteiger charge is -2.16. The number of ether oxygens (including phenoxy) is 1. The Bertz CT molecular complexity index is 351. The Morgan fingerprint density at radius 1 is 1.35 bits per heavy atom. The number of benzene rings is 1. The van der Waals surface area contributed by atoms with Crippen molar-refractivity contribution in [3.63, 3.8) is 0 Å². The SMILES string of the molecule is COc1ccc(CC(=O)N(C)CCCBr)cc1. The fourth-order valence-electron chi connectivity index (χ4n) is 1.47. The molecule has 0 radical (unpaired) electrons. The highest BCUT2D eigenvalue weighted by molar-refractivity contribution is 9.09. The minimum absolute atomic E-state index is 0.149. The van der Waals surface area contributed by atoms with Crippen molar-refractivity contribution in [1.29, 1.82) is 0 Å². The van der Waals surface area contributed by atoms with Crippen molar-refractivity contribution >= 4 is 21.8 Å². The third kappa shape index (κ3) is 4.77. The first-order valence-electron chi connectivity index (χ1n) is 5.60. The van der Waals surface area contributed by atoms with Crippen LogP contribution in [0.1, 0.15) is 12.0 Å². The van der Waals surface area contributed by atoms with E-state index in [0.717, 1.165) is 29.6 Å². The molecule has 0 aromatic heterocycles. The zero-order valence-corrected chi connectivity index (χ0v) is 11.9. The van der Waals surface area contributed by atoms with Gasteiger partial charge in [0.15, 0.2) is 0 Å². The summed E-state index contributed by atoms with van der Waals surface area (Å²) in [7, 11) is 3.47. The Labute approximate surface area is 111 Å². The predicted octanol–water partition coefficient (Wildman–Crippen LogP) is 2.48. The van der Waals surface area contributed by atoms with Crippen molar-refractivity contribution < 1.29 is 9.53 Å². The average molecular weight is 300 g/mol. The molecular weight excluding hydrogens is 282 g/mol. The Balaban J connectivity index is 2.49. The van der Waals surface area contributed by atoms with E-state index in [0.29, 0.717) is 6.42 Å². The maximum Gasteiger partial charge on any atom is 0.226 e. The zero-order chi connectivity index (χ0) is 12.7. The Morgan fingerprint density at radius 2 is 2.00 bits per heavy atom. The predicted molar refractivity (Wildman–Crippen MR) is 72.7 cm³/mol. The molecular formula is C13H18BrNO2. The Hall–Kier alpha value is -1.03. The number of halogens is 1. The molecule has 0 bridgehead atoms. The van der Waals surface area contributed by atoms with Gasteiger partial charge in [-0.2, -0.15) is 0 Å². The third-order valence-corrected chi connectivity index (χ3v) is 3.13. The second kappa shape index (κ2) is 7.33. The van der Waals surface area contributed by atoms with Crippen molar-refractivity contribution in [3.05, 3.63) is 29.8 Å². The van der Waals surface area contributed by atoms with Gasteiger partial charge >= 0.3 is 0 Å². The van der Waals surface area contributed by atoms with E-state index in [2.05, 4.69) is 15.9 Å². The second-order valence-corrected chi connectivity index (χ2v) is 4.68. The summed E-state index contributed by atoms with van der Waals surface area (Å²) >= 11 is 3.36. The van der Waals surface area contributed by atoms with Crippen LogP contribution in [0, 0.1) is 0 Å². The topological polar surface area (TPSA) is 29.5 Å². The molecule has 0 saturated carbocycles. The quantitative estimate of drug-likeness (QED) is 0.755. The van der Waals surface area contributed by atoms with Gasteiger partial charge in [-0.3, -0.25) is 4.79 Å². The second-order valence-electron chi connectivity index (χ2n) is 3.88. The summed E-state index contributed by atoms with van der Waals surface area (Å²) in [6, 6.07) is 7.60. The zero-order valence-electron chi connectivity index (χ0n) is 10.3. The van der Waals surface area contributed by atoms with E-state index in [-0.39, 0.29) is 5.91 Å². The number of methoxy groups -OCH3 is 1. The fraction of sp³-hybridized carbons (Fsp3) is 0.462. The van der Waals surface area contributed by atoms with Crippen LogP contribution in [0.2, 0.25) is 0 Å². The third-order valence-electron chi connectivity index (χ3n) is 2.57. The molecule has 0 aliphatic heterocycles. The Morgan fingerprint density at radius 3 is 2.53 bits per heavy atom. The summed E-state index contributed by atoms with van der Waals surface area (Å²) in [6.45, 7) is 0.792. The number of likely N-dealkylation sites (N-methyl/N-ethyl adjacent to an activating group) is 1. The van der Waals surface area contributed by atoms with E-state index < -0.39 is 0 Å². The Kier molecular flexibility index (Phi) is 6.05. The van der Waals surface area contributed by atoms with Gasteiger partial charge in [-0.1, -0.05) is 28.1 Å². The molecule has 1 amide bonds. The molecule has 1 rings (SSSR count). The summed E-state index contributed by atoms with van der Waals surface area (Å²) < 4.78 is 5.07. The normalized spacial score (nSPS) is 10.1. The molecule has 17 heavy (non-hydrogen) atoms. The molecule has 0 aliphatic carbocycles. The first-order chi connectivity index (χ1) is 8.17. The van der Waals surface area contributed by atoms with Crippen molar-refractivity contribution in [2.24, 2.45) is 0 Å². The number of hydrogen-bond acceptors (Lipinski definition) is 2. The largest absolute Gasteiger partial charge is 0.497 e. The summed E-state index contributed by atoms with van der Waals surface area (Å²) in [5, 5.41) is 0.924. The lowest BCUT2D eigenvalue weighted by atomic mass is 10.1. The minimum atomic E-state index is 0.149. The molecule has 0 N–H and O–H groups in total. The average Bonchev–Trinajstić information content (AvgIpc) is 2.36. The van der Waals surface area contributed by atoms with Crippen LogP contribution in [0.5, 0.6) is 5.75 Å². The van der Waals surface area contributed by atoms with E-state index in [1.165, 1.54) is 0 Å². The van der Waals surface area contributed by atoms with E-state index in [9.17, 15) is 4.79 Å². The standard InChI is InChI=1S/C13H18BrNO2/c1-15(9-3-8-14)13(16)10-11-4-6-12(17-2)7-5-11/h4-7H,3,8-10H2,1-2H3. The molecule has 4 heteroatoms. The highest BCUT2D eigenvalue weighted by Crippen LogP contribution is 2.12. The van der Waals surface area contributed by atoms with Crippen molar-refractivity contribution in [3.8, 4) is 5.75 Å². The minimum Gasteiger partial charge on any atom is -0.497 e. The highest BCUT2D eigenvalue weighted by atomic mass is 79.9. The number of hydrogen-bond donors (Lipinski definition) is 0. The monoisotopic (exact) mass is 299 g/mol.